The second-order valence-corrected chi connectivity index (χ2v) is 9.59. The number of benzene rings is 2. The summed E-state index contributed by atoms with van der Waals surface area (Å²) in [5.74, 6) is 1.03. The molecule has 0 aliphatic carbocycles. The van der Waals surface area contributed by atoms with E-state index in [0.717, 1.165) is 49.4 Å². The van der Waals surface area contributed by atoms with E-state index in [1.165, 1.54) is 11.8 Å². The number of hydrogen-bond acceptors (Lipinski definition) is 4. The van der Waals surface area contributed by atoms with Crippen LogP contribution in [0.5, 0.6) is 0 Å². The van der Waals surface area contributed by atoms with Gasteiger partial charge in [0.1, 0.15) is 5.84 Å². The van der Waals surface area contributed by atoms with Crippen LogP contribution >= 0.6 is 0 Å². The van der Waals surface area contributed by atoms with Crippen molar-refractivity contribution in [1.82, 2.24) is 5.32 Å². The minimum absolute atomic E-state index is 0.0358. The zero-order chi connectivity index (χ0) is 18.9. The SMILES string of the molecule is CS(=O)(=O)c1cccc(CN=C2Nc3ccccc3CC23CCNCC3)c1. The fraction of sp³-hybridized carbons (Fsp3) is 0.381. The predicted molar refractivity (Wildman–Crippen MR) is 109 cm³/mol. The lowest BCUT2D eigenvalue weighted by molar-refractivity contribution is 0.293. The summed E-state index contributed by atoms with van der Waals surface area (Å²) in [6.45, 7) is 2.46. The molecule has 1 saturated heterocycles. The molecule has 27 heavy (non-hydrogen) atoms. The average molecular weight is 384 g/mol. The Balaban J connectivity index is 1.66. The van der Waals surface area contributed by atoms with Crippen LogP contribution in [0.1, 0.15) is 24.0 Å². The van der Waals surface area contributed by atoms with E-state index in [2.05, 4.69) is 28.8 Å². The first-order valence-corrected chi connectivity index (χ1v) is 11.3. The summed E-state index contributed by atoms with van der Waals surface area (Å²) < 4.78 is 23.6. The van der Waals surface area contributed by atoms with Gasteiger partial charge >= 0.3 is 0 Å². The van der Waals surface area contributed by atoms with Crippen LogP contribution in [0, 0.1) is 5.41 Å². The van der Waals surface area contributed by atoms with E-state index >= 15 is 0 Å². The van der Waals surface area contributed by atoms with E-state index in [9.17, 15) is 8.42 Å². The highest BCUT2D eigenvalue weighted by molar-refractivity contribution is 7.90. The number of nitrogens with zero attached hydrogens (tertiary/aromatic N) is 1. The number of aliphatic imine (C=N–C) groups is 1. The van der Waals surface area contributed by atoms with Gasteiger partial charge in [-0.2, -0.15) is 0 Å². The fourth-order valence-electron chi connectivity index (χ4n) is 4.08. The third-order valence-electron chi connectivity index (χ3n) is 5.61. The first-order chi connectivity index (χ1) is 13.0. The van der Waals surface area contributed by atoms with Crippen LogP contribution in [-0.4, -0.2) is 33.6 Å². The van der Waals surface area contributed by atoms with Crippen molar-refractivity contribution in [3.63, 3.8) is 0 Å². The second kappa shape index (κ2) is 7.09. The monoisotopic (exact) mass is 383 g/mol. The molecule has 6 heteroatoms. The predicted octanol–water partition coefficient (Wildman–Crippen LogP) is 3.03. The molecule has 1 fully saturated rings. The van der Waals surface area contributed by atoms with Gasteiger partial charge < -0.3 is 10.6 Å². The first kappa shape index (κ1) is 18.2. The molecule has 0 atom stereocenters. The fourth-order valence-corrected chi connectivity index (χ4v) is 4.77. The summed E-state index contributed by atoms with van der Waals surface area (Å²) in [6, 6.07) is 15.5. The lowest BCUT2D eigenvalue weighted by Gasteiger charge is -2.42. The molecule has 142 valence electrons. The van der Waals surface area contributed by atoms with Gasteiger partial charge in [-0.15, -0.1) is 0 Å². The number of nitrogens with one attached hydrogen (secondary N) is 2. The highest BCUT2D eigenvalue weighted by atomic mass is 32.2. The van der Waals surface area contributed by atoms with Crippen molar-refractivity contribution in [3.05, 3.63) is 59.7 Å². The van der Waals surface area contributed by atoms with Crippen molar-refractivity contribution < 1.29 is 8.42 Å². The number of piperidine rings is 1. The summed E-state index contributed by atoms with van der Waals surface area (Å²) >= 11 is 0. The molecule has 4 rings (SSSR count). The lowest BCUT2D eigenvalue weighted by Crippen LogP contribution is -2.48. The Kier molecular flexibility index (Phi) is 4.78. The molecule has 0 bridgehead atoms. The van der Waals surface area contributed by atoms with Crippen LogP contribution in [0.25, 0.3) is 0 Å². The summed E-state index contributed by atoms with van der Waals surface area (Å²) in [5.41, 5.74) is 3.42. The topological polar surface area (TPSA) is 70.6 Å². The molecule has 2 aliphatic rings. The Hall–Kier alpha value is -2.18. The zero-order valence-corrected chi connectivity index (χ0v) is 16.3. The molecule has 0 saturated carbocycles. The maximum atomic E-state index is 11.8. The van der Waals surface area contributed by atoms with Gasteiger partial charge in [-0.25, -0.2) is 8.42 Å². The maximum Gasteiger partial charge on any atom is 0.175 e. The summed E-state index contributed by atoms with van der Waals surface area (Å²) in [7, 11) is -3.21. The summed E-state index contributed by atoms with van der Waals surface area (Å²) in [4.78, 5) is 5.28. The number of amidine groups is 1. The number of fused-ring (bicyclic) bond motifs is 1. The van der Waals surface area contributed by atoms with E-state index in [-0.39, 0.29) is 5.41 Å². The number of rotatable bonds is 3. The van der Waals surface area contributed by atoms with Crippen LogP contribution in [-0.2, 0) is 22.8 Å². The number of anilines is 1. The maximum absolute atomic E-state index is 11.8. The van der Waals surface area contributed by atoms with Crippen LogP contribution in [0.15, 0.2) is 58.4 Å². The van der Waals surface area contributed by atoms with Crippen LogP contribution < -0.4 is 10.6 Å². The minimum atomic E-state index is -3.21. The van der Waals surface area contributed by atoms with Gasteiger partial charge in [-0.3, -0.25) is 4.99 Å². The van der Waals surface area contributed by atoms with Crippen molar-refractivity contribution in [2.75, 3.05) is 24.7 Å². The molecule has 2 aromatic rings. The quantitative estimate of drug-likeness (QED) is 0.855. The van der Waals surface area contributed by atoms with Crippen molar-refractivity contribution >= 4 is 21.4 Å². The van der Waals surface area contributed by atoms with Crippen LogP contribution in [0.3, 0.4) is 0 Å². The van der Waals surface area contributed by atoms with Gasteiger partial charge in [0, 0.05) is 17.4 Å². The molecule has 0 aromatic heterocycles. The van der Waals surface area contributed by atoms with Gasteiger partial charge in [-0.1, -0.05) is 30.3 Å². The van der Waals surface area contributed by atoms with Gasteiger partial charge in [0.05, 0.1) is 11.4 Å². The Morgan fingerprint density at radius 3 is 2.63 bits per heavy atom. The second-order valence-electron chi connectivity index (χ2n) is 7.57. The van der Waals surface area contributed by atoms with Crippen LogP contribution in [0.2, 0.25) is 0 Å². The minimum Gasteiger partial charge on any atom is -0.343 e. The molecule has 2 N–H and O–H groups in total. The molecule has 2 heterocycles. The van der Waals surface area contributed by atoms with E-state index in [4.69, 9.17) is 4.99 Å². The number of hydrogen-bond donors (Lipinski definition) is 2. The molecule has 2 aromatic carbocycles. The first-order valence-electron chi connectivity index (χ1n) is 9.36. The van der Waals surface area contributed by atoms with Crippen molar-refractivity contribution in [2.45, 2.75) is 30.7 Å². The summed E-state index contributed by atoms with van der Waals surface area (Å²) in [5, 5.41) is 7.03. The number of para-hydroxylation sites is 1. The highest BCUT2D eigenvalue weighted by Crippen LogP contribution is 2.40. The Morgan fingerprint density at radius 2 is 1.85 bits per heavy atom. The molecular weight excluding hydrogens is 358 g/mol. The zero-order valence-electron chi connectivity index (χ0n) is 15.5. The summed E-state index contributed by atoms with van der Waals surface area (Å²) in [6.07, 6.45) is 4.34. The van der Waals surface area contributed by atoms with Gasteiger partial charge in [0.2, 0.25) is 0 Å². The third-order valence-corrected chi connectivity index (χ3v) is 6.72. The normalized spacial score (nSPS) is 20.3. The van der Waals surface area contributed by atoms with E-state index in [0.29, 0.717) is 11.4 Å². The highest BCUT2D eigenvalue weighted by Gasteiger charge is 2.40. The molecule has 0 radical (unpaired) electrons. The average Bonchev–Trinajstić information content (AvgIpc) is 2.66. The molecule has 0 unspecified atom stereocenters. The standard InChI is InChI=1S/C21H25N3O2S/c1-27(25,26)18-7-4-5-16(13-18)15-23-20-21(9-11-22-12-10-21)14-17-6-2-3-8-19(17)24-20/h2-8,13,22H,9-12,14-15H2,1H3,(H,23,24). The van der Waals surface area contributed by atoms with Gasteiger partial charge in [0.25, 0.3) is 0 Å². The van der Waals surface area contributed by atoms with Crippen molar-refractivity contribution in [1.29, 1.82) is 0 Å². The Morgan fingerprint density at radius 1 is 1.07 bits per heavy atom. The largest absolute Gasteiger partial charge is 0.343 e. The molecule has 0 amide bonds. The van der Waals surface area contributed by atoms with E-state index < -0.39 is 9.84 Å². The molecule has 2 aliphatic heterocycles. The molecule has 5 nitrogen and oxygen atoms in total. The van der Waals surface area contributed by atoms with E-state index in [1.807, 2.05) is 12.1 Å². The molecule has 1 spiro atoms. The van der Waals surface area contributed by atoms with Gasteiger partial charge in [-0.05, 0) is 61.7 Å². The van der Waals surface area contributed by atoms with Crippen LogP contribution in [0.4, 0.5) is 5.69 Å². The lowest BCUT2D eigenvalue weighted by atomic mass is 9.71. The third kappa shape index (κ3) is 3.77. The Labute approximate surface area is 160 Å². The Bertz CT molecular complexity index is 976. The number of sulfone groups is 1. The van der Waals surface area contributed by atoms with Crippen molar-refractivity contribution in [2.24, 2.45) is 10.4 Å². The van der Waals surface area contributed by atoms with Gasteiger partial charge in [0.15, 0.2) is 9.84 Å². The smallest absolute Gasteiger partial charge is 0.175 e. The van der Waals surface area contributed by atoms with Crippen molar-refractivity contribution in [3.8, 4) is 0 Å². The molecular formula is C21H25N3O2S. The van der Waals surface area contributed by atoms with E-state index in [1.54, 1.807) is 18.2 Å².